The molecule has 0 nitrogen and oxygen atoms in total. The minimum atomic E-state index is -0.571. The van der Waals surface area contributed by atoms with Crippen LogP contribution in [-0.2, 0) is 0 Å². The molecule has 0 aromatic carbocycles. The van der Waals surface area contributed by atoms with Crippen LogP contribution in [0.1, 0.15) is 0 Å². The van der Waals surface area contributed by atoms with Crippen LogP contribution in [0.2, 0.25) is 23.3 Å². The Morgan fingerprint density at radius 2 is 1.67 bits per heavy atom. The first kappa shape index (κ1) is 13.7. The molecule has 0 aromatic heterocycles. The molecule has 0 bridgehead atoms. The van der Waals surface area contributed by atoms with E-state index in [4.69, 9.17) is 0 Å². The average Bonchev–Trinajstić information content (AvgIpc) is 2.89. The molecule has 1 saturated heterocycles. The molecule has 0 saturated carbocycles. The predicted molar refractivity (Wildman–Crippen MR) is 84.8 cm³/mol. The van der Waals surface area contributed by atoms with Crippen molar-refractivity contribution < 1.29 is 0 Å². The van der Waals surface area contributed by atoms with Gasteiger partial charge in [0.05, 0.1) is 0 Å². The molecule has 0 unspecified atom stereocenters. The molecule has 18 heavy (non-hydrogen) atoms. The molecule has 3 rings (SSSR count). The summed E-state index contributed by atoms with van der Waals surface area (Å²) in [4.78, 5) is 0. The van der Waals surface area contributed by atoms with E-state index in [1.165, 1.54) is 0 Å². The molecule has 2 aliphatic carbocycles. The Bertz CT molecular complexity index is 543. The van der Waals surface area contributed by atoms with Crippen molar-refractivity contribution in [1.29, 1.82) is 0 Å². The summed E-state index contributed by atoms with van der Waals surface area (Å²) < 4.78 is 8.76. The summed E-state index contributed by atoms with van der Waals surface area (Å²) in [6, 6.07) is 0. The van der Waals surface area contributed by atoms with Crippen molar-refractivity contribution in [2.75, 3.05) is 0 Å². The third-order valence-electron chi connectivity index (χ3n) is 3.13. The Balaban J connectivity index is 2.14. The molecule has 0 amide bonds. The van der Waals surface area contributed by atoms with Crippen molar-refractivity contribution in [1.82, 2.24) is 0 Å². The van der Waals surface area contributed by atoms with E-state index in [-0.39, 0.29) is 0 Å². The number of allylic oxidation sites excluding steroid dienone is 10. The van der Waals surface area contributed by atoms with Crippen molar-refractivity contribution in [3.63, 3.8) is 0 Å². The average molecular weight is 499 g/mol. The van der Waals surface area contributed by atoms with Crippen LogP contribution in [0.25, 0.3) is 0 Å². The minimum absolute atomic E-state index is 0.571. The number of hydrogen-bond donors (Lipinski definition) is 0. The van der Waals surface area contributed by atoms with Crippen LogP contribution >= 0.6 is 0 Å². The van der Waals surface area contributed by atoms with Crippen molar-refractivity contribution in [3.8, 4) is 0 Å². The zero-order valence-corrected chi connectivity index (χ0v) is 17.7. The van der Waals surface area contributed by atoms with E-state index in [1.807, 2.05) is 0 Å². The second kappa shape index (κ2) is 5.28. The van der Waals surface area contributed by atoms with Gasteiger partial charge in [-0.25, -0.2) is 0 Å². The molecular formula is C14H15Se4. The molecule has 4 heteroatoms. The number of fused-ring (bicyclic) bond motifs is 1. The summed E-state index contributed by atoms with van der Waals surface area (Å²) in [5.74, 6) is 9.65. The molecular weight excluding hydrogens is 484 g/mol. The van der Waals surface area contributed by atoms with Gasteiger partial charge < -0.3 is 0 Å². The van der Waals surface area contributed by atoms with Crippen molar-refractivity contribution in [2.45, 2.75) is 23.3 Å². The zero-order chi connectivity index (χ0) is 12.9. The second-order valence-corrected chi connectivity index (χ2v) is 14.2. The summed E-state index contributed by atoms with van der Waals surface area (Å²) in [7, 11) is 0. The predicted octanol–water partition coefficient (Wildman–Crippen LogP) is 2.73. The molecule has 1 aliphatic heterocycles. The Kier molecular flexibility index (Phi) is 4.03. The fraction of sp³-hybridized carbons (Fsp3) is 0.286. The Hall–Kier alpha value is 0.778. The molecule has 0 atom stereocenters. The van der Waals surface area contributed by atoms with Gasteiger partial charge >= 0.3 is 134 Å². The maximum absolute atomic E-state index is 2.44. The number of rotatable bonds is 3. The van der Waals surface area contributed by atoms with Crippen molar-refractivity contribution in [3.05, 3.63) is 51.7 Å². The quantitative estimate of drug-likeness (QED) is 0.525. The van der Waals surface area contributed by atoms with Gasteiger partial charge in [-0.1, -0.05) is 0 Å². The van der Waals surface area contributed by atoms with E-state index in [0.717, 1.165) is 15.0 Å². The second-order valence-electron chi connectivity index (χ2n) is 4.32. The third-order valence-corrected chi connectivity index (χ3v) is 12.6. The molecule has 0 N–H and O–H groups in total. The van der Waals surface area contributed by atoms with Crippen LogP contribution in [-0.4, -0.2) is 58.8 Å². The molecule has 1 heterocycles. The Morgan fingerprint density at radius 1 is 1.06 bits per heavy atom. The Morgan fingerprint density at radius 3 is 2.17 bits per heavy atom. The maximum atomic E-state index is 2.44. The first-order valence-electron chi connectivity index (χ1n) is 5.65. The van der Waals surface area contributed by atoms with E-state index >= 15 is 0 Å². The molecule has 1 radical (unpaired) electrons. The zero-order valence-electron chi connectivity index (χ0n) is 10.9. The van der Waals surface area contributed by atoms with Gasteiger partial charge in [-0.3, -0.25) is 0 Å². The van der Waals surface area contributed by atoms with E-state index in [0.29, 0.717) is 29.9 Å². The van der Waals surface area contributed by atoms with Gasteiger partial charge in [0.2, 0.25) is 0 Å². The topological polar surface area (TPSA) is 0 Å². The fourth-order valence-corrected chi connectivity index (χ4v) is 12.5. The van der Waals surface area contributed by atoms with Crippen LogP contribution in [0.3, 0.4) is 0 Å². The molecule has 0 aromatic rings. The molecule has 0 spiro atoms. The summed E-state index contributed by atoms with van der Waals surface area (Å²) >= 11 is 1.52. The fourth-order valence-electron chi connectivity index (χ4n) is 2.31. The molecule has 1 fully saturated rings. The molecule has 3 aliphatic rings. The van der Waals surface area contributed by atoms with Crippen LogP contribution in [0.4, 0.5) is 0 Å². The van der Waals surface area contributed by atoms with Crippen molar-refractivity contribution >= 4 is 58.8 Å². The van der Waals surface area contributed by atoms with E-state index < -0.39 is 13.9 Å². The third kappa shape index (κ3) is 2.08. The Labute approximate surface area is 132 Å². The summed E-state index contributed by atoms with van der Waals surface area (Å²) in [5, 5.41) is 0. The van der Waals surface area contributed by atoms with Crippen LogP contribution < -0.4 is 0 Å². The van der Waals surface area contributed by atoms with Gasteiger partial charge in [0, 0.05) is 0 Å². The van der Waals surface area contributed by atoms with E-state index in [1.54, 1.807) is 33.5 Å². The van der Waals surface area contributed by atoms with Crippen LogP contribution in [0, 0.1) is 0 Å². The molecule has 95 valence electrons. The van der Waals surface area contributed by atoms with Gasteiger partial charge in [-0.2, -0.15) is 0 Å². The normalized spacial score (nSPS) is 21.5. The standard InChI is InChI=1S/C14H15Se4/c1-15-11-10(12(16-2)14-13(11)17-14)8-6-5-7-9(8)18(3)4/h5-7H,1-4H3. The van der Waals surface area contributed by atoms with E-state index in [9.17, 15) is 0 Å². The van der Waals surface area contributed by atoms with Crippen LogP contribution in [0.5, 0.6) is 0 Å². The van der Waals surface area contributed by atoms with Gasteiger partial charge in [0.25, 0.3) is 0 Å². The summed E-state index contributed by atoms with van der Waals surface area (Å²) in [5.41, 5.74) is 3.29. The summed E-state index contributed by atoms with van der Waals surface area (Å²) in [6.45, 7) is 0. The summed E-state index contributed by atoms with van der Waals surface area (Å²) in [6.07, 6.45) is 7.02. The van der Waals surface area contributed by atoms with Gasteiger partial charge in [0.1, 0.15) is 0 Å². The van der Waals surface area contributed by atoms with Gasteiger partial charge in [0.15, 0.2) is 0 Å². The first-order valence-corrected chi connectivity index (χ1v) is 16.8. The van der Waals surface area contributed by atoms with E-state index in [2.05, 4.69) is 41.5 Å². The van der Waals surface area contributed by atoms with Crippen molar-refractivity contribution in [2.24, 2.45) is 0 Å². The van der Waals surface area contributed by atoms with Crippen LogP contribution in [0.15, 0.2) is 51.7 Å². The monoisotopic (exact) mass is 503 g/mol. The first-order chi connectivity index (χ1) is 8.69. The van der Waals surface area contributed by atoms with Gasteiger partial charge in [-0.15, -0.1) is 0 Å². The number of hydrogen-bond acceptors (Lipinski definition) is 0. The van der Waals surface area contributed by atoms with Gasteiger partial charge in [-0.05, 0) is 0 Å². The SMILES string of the molecule is C[Se]C1=C2[Se]C2=C([Se]C)C1=C1C=CC=C1[Se](C)C.